The number of anilines is 1. The summed E-state index contributed by atoms with van der Waals surface area (Å²) in [6.07, 6.45) is 5.06. The van der Waals surface area contributed by atoms with Crippen LogP contribution in [0.15, 0.2) is 36.7 Å². The zero-order chi connectivity index (χ0) is 16.1. The Morgan fingerprint density at radius 2 is 1.87 bits per heavy atom. The molecule has 0 bridgehead atoms. The van der Waals surface area contributed by atoms with Gasteiger partial charge in [-0.25, -0.2) is 9.97 Å². The lowest BCUT2D eigenvalue weighted by Gasteiger charge is -2.27. The fourth-order valence-corrected chi connectivity index (χ4v) is 2.77. The number of hydrogen-bond acceptors (Lipinski definition) is 4. The molecule has 1 aromatic heterocycles. The number of halogens is 1. The minimum Gasteiger partial charge on any atom is -0.357 e. The molecule has 0 aliphatic carbocycles. The van der Waals surface area contributed by atoms with Gasteiger partial charge < -0.3 is 10.2 Å². The van der Waals surface area contributed by atoms with Crippen molar-refractivity contribution in [3.63, 3.8) is 0 Å². The van der Waals surface area contributed by atoms with E-state index < -0.39 is 0 Å². The van der Waals surface area contributed by atoms with E-state index in [1.165, 1.54) is 25.6 Å². The number of carbonyl (C=O) groups excluding carboxylic acids is 1. The second-order valence-corrected chi connectivity index (χ2v) is 6.05. The van der Waals surface area contributed by atoms with Crippen LogP contribution in [-0.2, 0) is 6.54 Å². The second-order valence-electron chi connectivity index (χ2n) is 5.62. The molecule has 1 N–H and O–H groups in total. The van der Waals surface area contributed by atoms with Gasteiger partial charge in [-0.2, -0.15) is 0 Å². The van der Waals surface area contributed by atoms with E-state index in [0.717, 1.165) is 24.5 Å². The molecule has 23 heavy (non-hydrogen) atoms. The fraction of sp³-hybridized carbons (Fsp3) is 0.353. The summed E-state index contributed by atoms with van der Waals surface area (Å²) in [5.74, 6) is 0.636. The van der Waals surface area contributed by atoms with E-state index in [4.69, 9.17) is 11.6 Å². The molecule has 1 amide bonds. The Morgan fingerprint density at radius 1 is 1.13 bits per heavy atom. The Hall–Kier alpha value is -2.14. The first-order valence-electron chi connectivity index (χ1n) is 7.82. The lowest BCUT2D eigenvalue weighted by Crippen LogP contribution is -2.31. The maximum Gasteiger partial charge on any atom is 0.270 e. The Morgan fingerprint density at radius 3 is 2.61 bits per heavy atom. The van der Waals surface area contributed by atoms with E-state index in [2.05, 4.69) is 20.2 Å². The molecule has 2 aromatic rings. The predicted octanol–water partition coefficient (Wildman–Crippen LogP) is 3.05. The van der Waals surface area contributed by atoms with Gasteiger partial charge in [0.15, 0.2) is 0 Å². The molecular weight excluding hydrogens is 312 g/mol. The quantitative estimate of drug-likeness (QED) is 0.936. The third-order valence-corrected chi connectivity index (χ3v) is 4.18. The van der Waals surface area contributed by atoms with Crippen molar-refractivity contribution in [1.29, 1.82) is 0 Å². The number of aromatic nitrogens is 2. The Bertz CT molecular complexity index is 669. The molecule has 120 valence electrons. The van der Waals surface area contributed by atoms with E-state index in [9.17, 15) is 4.79 Å². The van der Waals surface area contributed by atoms with Crippen molar-refractivity contribution >= 4 is 23.3 Å². The van der Waals surface area contributed by atoms with Crippen molar-refractivity contribution in [2.45, 2.75) is 25.8 Å². The van der Waals surface area contributed by atoms with Gasteiger partial charge in [-0.1, -0.05) is 23.7 Å². The third kappa shape index (κ3) is 4.20. The van der Waals surface area contributed by atoms with Crippen LogP contribution in [0.3, 0.4) is 0 Å². The monoisotopic (exact) mass is 330 g/mol. The molecule has 0 unspecified atom stereocenters. The summed E-state index contributed by atoms with van der Waals surface area (Å²) in [6.45, 7) is 2.42. The summed E-state index contributed by atoms with van der Waals surface area (Å²) in [4.78, 5) is 22.9. The van der Waals surface area contributed by atoms with E-state index in [0.29, 0.717) is 17.3 Å². The number of rotatable bonds is 4. The van der Waals surface area contributed by atoms with Gasteiger partial charge in [-0.3, -0.25) is 4.79 Å². The highest BCUT2D eigenvalue weighted by molar-refractivity contribution is 6.30. The van der Waals surface area contributed by atoms with Gasteiger partial charge in [-0.15, -0.1) is 0 Å². The van der Waals surface area contributed by atoms with Gasteiger partial charge in [0.05, 0.1) is 0 Å². The molecule has 0 saturated carbocycles. The van der Waals surface area contributed by atoms with Gasteiger partial charge >= 0.3 is 0 Å². The summed E-state index contributed by atoms with van der Waals surface area (Å²) in [6, 6.07) is 9.16. The molecule has 1 saturated heterocycles. The van der Waals surface area contributed by atoms with Crippen LogP contribution in [0.2, 0.25) is 5.02 Å². The normalized spacial score (nSPS) is 14.6. The molecule has 1 aliphatic heterocycles. The highest BCUT2D eigenvalue weighted by Gasteiger charge is 2.15. The molecule has 0 atom stereocenters. The standard InChI is InChI=1S/C17H19ClN4O/c18-14-6-4-13(5-7-14)11-19-17(23)15-10-16(21-12-20-15)22-8-2-1-3-9-22/h4-7,10,12H,1-3,8-9,11H2,(H,19,23). The lowest BCUT2D eigenvalue weighted by molar-refractivity contribution is 0.0945. The number of piperidine rings is 1. The number of amides is 1. The van der Waals surface area contributed by atoms with Crippen LogP contribution in [0.25, 0.3) is 0 Å². The minimum atomic E-state index is -0.194. The molecular formula is C17H19ClN4O. The van der Waals surface area contributed by atoms with Crippen LogP contribution in [0.1, 0.15) is 35.3 Å². The topological polar surface area (TPSA) is 58.1 Å². The third-order valence-electron chi connectivity index (χ3n) is 3.93. The summed E-state index contributed by atoms with van der Waals surface area (Å²) < 4.78 is 0. The van der Waals surface area contributed by atoms with Gasteiger partial charge in [0, 0.05) is 30.7 Å². The van der Waals surface area contributed by atoms with Crippen LogP contribution in [0.5, 0.6) is 0 Å². The van der Waals surface area contributed by atoms with Crippen LogP contribution in [0, 0.1) is 0 Å². The maximum atomic E-state index is 12.3. The number of carbonyl (C=O) groups is 1. The van der Waals surface area contributed by atoms with Gasteiger partial charge in [0.2, 0.25) is 0 Å². The first kappa shape index (κ1) is 15.7. The molecule has 1 aliphatic rings. The number of hydrogen-bond donors (Lipinski definition) is 1. The van der Waals surface area contributed by atoms with E-state index in [-0.39, 0.29) is 5.91 Å². The summed E-state index contributed by atoms with van der Waals surface area (Å²) in [5, 5.41) is 3.56. The largest absolute Gasteiger partial charge is 0.357 e. The predicted molar refractivity (Wildman–Crippen MR) is 90.7 cm³/mol. The average Bonchev–Trinajstić information content (AvgIpc) is 2.62. The highest BCUT2D eigenvalue weighted by atomic mass is 35.5. The summed E-state index contributed by atoms with van der Waals surface area (Å²) in [5.41, 5.74) is 1.39. The van der Waals surface area contributed by atoms with Crippen LogP contribution in [0.4, 0.5) is 5.82 Å². The molecule has 3 rings (SSSR count). The number of nitrogens with one attached hydrogen (secondary N) is 1. The van der Waals surface area contributed by atoms with Crippen molar-refractivity contribution in [2.24, 2.45) is 0 Å². The van der Waals surface area contributed by atoms with Crippen LogP contribution < -0.4 is 10.2 Å². The van der Waals surface area contributed by atoms with Gasteiger partial charge in [-0.05, 0) is 37.0 Å². The molecule has 6 heteroatoms. The molecule has 1 fully saturated rings. The van der Waals surface area contributed by atoms with E-state index in [1.54, 1.807) is 6.07 Å². The minimum absolute atomic E-state index is 0.194. The smallest absolute Gasteiger partial charge is 0.270 e. The highest BCUT2D eigenvalue weighted by Crippen LogP contribution is 2.17. The number of nitrogens with zero attached hydrogens (tertiary/aromatic N) is 3. The Balaban J connectivity index is 1.63. The van der Waals surface area contributed by atoms with Crippen molar-refractivity contribution in [1.82, 2.24) is 15.3 Å². The maximum absolute atomic E-state index is 12.3. The molecule has 0 radical (unpaired) electrons. The van der Waals surface area contributed by atoms with E-state index in [1.807, 2.05) is 24.3 Å². The molecule has 5 nitrogen and oxygen atoms in total. The van der Waals surface area contributed by atoms with Gasteiger partial charge in [0.1, 0.15) is 17.8 Å². The zero-order valence-electron chi connectivity index (χ0n) is 12.8. The van der Waals surface area contributed by atoms with Crippen LogP contribution in [-0.4, -0.2) is 29.0 Å². The van der Waals surface area contributed by atoms with Crippen molar-refractivity contribution in [3.05, 3.63) is 52.9 Å². The molecule has 2 heterocycles. The lowest BCUT2D eigenvalue weighted by atomic mass is 10.1. The first-order chi connectivity index (χ1) is 11.2. The zero-order valence-corrected chi connectivity index (χ0v) is 13.6. The average molecular weight is 331 g/mol. The Kier molecular flexibility index (Phi) is 5.08. The molecule has 1 aromatic carbocycles. The van der Waals surface area contributed by atoms with Gasteiger partial charge in [0.25, 0.3) is 5.91 Å². The summed E-state index contributed by atoms with van der Waals surface area (Å²) in [7, 11) is 0. The summed E-state index contributed by atoms with van der Waals surface area (Å²) >= 11 is 5.85. The second kappa shape index (κ2) is 7.42. The molecule has 0 spiro atoms. The SMILES string of the molecule is O=C(NCc1ccc(Cl)cc1)c1cc(N2CCCCC2)ncn1. The van der Waals surface area contributed by atoms with Crippen molar-refractivity contribution in [2.75, 3.05) is 18.0 Å². The van der Waals surface area contributed by atoms with Crippen molar-refractivity contribution < 1.29 is 4.79 Å². The Labute approximate surface area is 140 Å². The van der Waals surface area contributed by atoms with Crippen molar-refractivity contribution in [3.8, 4) is 0 Å². The fourth-order valence-electron chi connectivity index (χ4n) is 2.64. The van der Waals surface area contributed by atoms with Crippen LogP contribution >= 0.6 is 11.6 Å². The number of benzene rings is 1. The van der Waals surface area contributed by atoms with E-state index >= 15 is 0 Å². The first-order valence-corrected chi connectivity index (χ1v) is 8.20.